The summed E-state index contributed by atoms with van der Waals surface area (Å²) in [6.07, 6.45) is -4.62. The van der Waals surface area contributed by atoms with Crippen molar-refractivity contribution >= 4 is 43.6 Å². The van der Waals surface area contributed by atoms with Crippen molar-refractivity contribution in [3.8, 4) is 56.7 Å². The Morgan fingerprint density at radius 3 is 1.40 bits per heavy atom. The fourth-order valence-electron chi connectivity index (χ4n) is 8.53. The van der Waals surface area contributed by atoms with Gasteiger partial charge in [-0.1, -0.05) is 133 Å². The Bertz CT molecular complexity index is 3350. The SMILES string of the molecule is FC(F)(F)c1ccccc1-c1cc(-c2nc(-c3ccccc3)nc(-c3ccccc3)n2)ccc1-n1c2ccccc2c2cc3c(cc21)c1ccccc1n3-c1ccccc1. The quantitative estimate of drug-likeness (QED) is 0.169. The fraction of sp³-hybridized carbons (Fsp3) is 0.0192. The van der Waals surface area contributed by atoms with E-state index in [2.05, 4.69) is 51.6 Å². The van der Waals surface area contributed by atoms with Crippen molar-refractivity contribution in [1.29, 1.82) is 0 Å². The smallest absolute Gasteiger partial charge is 0.309 e. The van der Waals surface area contributed by atoms with E-state index >= 15 is 13.2 Å². The molecular weight excluding hydrogens is 752 g/mol. The third-order valence-electron chi connectivity index (χ3n) is 11.2. The summed E-state index contributed by atoms with van der Waals surface area (Å²) in [6, 6.07) is 61.7. The molecule has 11 rings (SSSR count). The molecule has 0 aliphatic carbocycles. The second-order valence-electron chi connectivity index (χ2n) is 14.7. The van der Waals surface area contributed by atoms with E-state index in [0.717, 1.165) is 66.5 Å². The molecule has 0 saturated carbocycles. The van der Waals surface area contributed by atoms with Crippen molar-refractivity contribution in [3.05, 3.63) is 200 Å². The summed E-state index contributed by atoms with van der Waals surface area (Å²) in [4.78, 5) is 14.7. The summed E-state index contributed by atoms with van der Waals surface area (Å²) in [5.74, 6) is 1.27. The molecule has 286 valence electrons. The summed E-state index contributed by atoms with van der Waals surface area (Å²) >= 11 is 0. The van der Waals surface area contributed by atoms with Gasteiger partial charge < -0.3 is 9.13 Å². The van der Waals surface area contributed by atoms with Gasteiger partial charge in [0.1, 0.15) is 0 Å². The monoisotopic (exact) mass is 783 g/mol. The van der Waals surface area contributed by atoms with Gasteiger partial charge in [0, 0.05) is 49.5 Å². The summed E-state index contributed by atoms with van der Waals surface area (Å²) in [7, 11) is 0. The molecule has 0 bridgehead atoms. The summed E-state index contributed by atoms with van der Waals surface area (Å²) in [5, 5.41) is 4.07. The summed E-state index contributed by atoms with van der Waals surface area (Å²) in [5.41, 5.74) is 7.31. The number of aromatic nitrogens is 5. The molecule has 0 aliphatic heterocycles. The van der Waals surface area contributed by atoms with Gasteiger partial charge in [-0.15, -0.1) is 0 Å². The Morgan fingerprint density at radius 2 is 0.817 bits per heavy atom. The fourth-order valence-corrected chi connectivity index (χ4v) is 8.53. The largest absolute Gasteiger partial charge is 0.417 e. The minimum Gasteiger partial charge on any atom is -0.309 e. The minimum absolute atomic E-state index is 0.0511. The first kappa shape index (κ1) is 35.3. The molecule has 60 heavy (non-hydrogen) atoms. The highest BCUT2D eigenvalue weighted by Crippen LogP contribution is 2.44. The number of nitrogens with zero attached hydrogens (tertiary/aromatic N) is 5. The summed E-state index contributed by atoms with van der Waals surface area (Å²) < 4.78 is 49.5. The van der Waals surface area contributed by atoms with Crippen molar-refractivity contribution in [3.63, 3.8) is 0 Å². The highest BCUT2D eigenvalue weighted by atomic mass is 19.4. The van der Waals surface area contributed by atoms with Crippen molar-refractivity contribution in [1.82, 2.24) is 24.1 Å². The van der Waals surface area contributed by atoms with Gasteiger partial charge >= 0.3 is 6.18 Å². The van der Waals surface area contributed by atoms with Crippen LogP contribution in [0.3, 0.4) is 0 Å². The standard InChI is InChI=1S/C52H32F3N5/c53-52(54,55)43-25-13-10-22-37(43)40-30-35(51-57-49(33-16-4-1-5-17-33)56-50(58-51)34-18-6-2-7-19-34)28-29-46(40)60-45-27-15-12-24-39(45)42-31-47-41(32-48(42)60)38-23-11-14-26-44(38)59(47)36-20-8-3-9-21-36/h1-32H. The molecule has 0 unspecified atom stereocenters. The van der Waals surface area contributed by atoms with E-state index in [0.29, 0.717) is 34.3 Å². The number of fused-ring (bicyclic) bond motifs is 6. The Morgan fingerprint density at radius 1 is 0.350 bits per heavy atom. The molecule has 0 fully saturated rings. The average molecular weight is 784 g/mol. The van der Waals surface area contributed by atoms with Crippen LogP contribution >= 0.6 is 0 Å². The third-order valence-corrected chi connectivity index (χ3v) is 11.2. The Kier molecular flexibility index (Phi) is 8.20. The van der Waals surface area contributed by atoms with Crippen LogP contribution in [0.5, 0.6) is 0 Å². The van der Waals surface area contributed by atoms with E-state index in [1.54, 1.807) is 18.2 Å². The van der Waals surface area contributed by atoms with Crippen LogP contribution in [0.1, 0.15) is 5.56 Å². The van der Waals surface area contributed by atoms with Gasteiger partial charge in [0.2, 0.25) is 0 Å². The van der Waals surface area contributed by atoms with Crippen LogP contribution in [0.25, 0.3) is 100 Å². The maximum Gasteiger partial charge on any atom is 0.417 e. The molecule has 0 atom stereocenters. The topological polar surface area (TPSA) is 48.5 Å². The average Bonchev–Trinajstić information content (AvgIpc) is 3.80. The predicted octanol–water partition coefficient (Wildman–Crippen LogP) is 13.8. The van der Waals surface area contributed by atoms with E-state index in [9.17, 15) is 0 Å². The van der Waals surface area contributed by atoms with Crippen molar-refractivity contribution < 1.29 is 13.2 Å². The van der Waals surface area contributed by atoms with Crippen LogP contribution < -0.4 is 0 Å². The normalized spacial score (nSPS) is 11.9. The lowest BCUT2D eigenvalue weighted by Gasteiger charge is -2.19. The van der Waals surface area contributed by atoms with Crippen molar-refractivity contribution in [2.75, 3.05) is 0 Å². The van der Waals surface area contributed by atoms with Crippen LogP contribution in [0.2, 0.25) is 0 Å². The highest BCUT2D eigenvalue weighted by molar-refractivity contribution is 6.19. The van der Waals surface area contributed by atoms with E-state index in [1.165, 1.54) is 6.07 Å². The second-order valence-corrected chi connectivity index (χ2v) is 14.7. The minimum atomic E-state index is -4.62. The van der Waals surface area contributed by atoms with Gasteiger partial charge in [0.25, 0.3) is 0 Å². The zero-order chi connectivity index (χ0) is 40.4. The molecule has 8 aromatic carbocycles. The number of para-hydroxylation sites is 3. The van der Waals surface area contributed by atoms with E-state index in [-0.39, 0.29) is 5.56 Å². The van der Waals surface area contributed by atoms with E-state index in [4.69, 9.17) is 15.0 Å². The highest BCUT2D eigenvalue weighted by Gasteiger charge is 2.34. The molecule has 0 spiro atoms. The van der Waals surface area contributed by atoms with Gasteiger partial charge in [0.05, 0.1) is 33.3 Å². The van der Waals surface area contributed by atoms with E-state index < -0.39 is 11.7 Å². The van der Waals surface area contributed by atoms with E-state index in [1.807, 2.05) is 121 Å². The number of rotatable bonds is 6. The van der Waals surface area contributed by atoms with Crippen molar-refractivity contribution in [2.45, 2.75) is 6.18 Å². The number of alkyl halides is 3. The Balaban J connectivity index is 1.21. The molecular formula is C52H32F3N5. The van der Waals surface area contributed by atoms with Crippen LogP contribution in [0.15, 0.2) is 194 Å². The first-order valence-corrected chi connectivity index (χ1v) is 19.6. The summed E-state index contributed by atoms with van der Waals surface area (Å²) in [6.45, 7) is 0. The molecule has 11 aromatic rings. The molecule has 0 amide bonds. The molecule has 0 saturated heterocycles. The lowest BCUT2D eigenvalue weighted by atomic mass is 9.95. The molecule has 3 heterocycles. The zero-order valence-electron chi connectivity index (χ0n) is 31.8. The van der Waals surface area contributed by atoms with Gasteiger partial charge in [-0.2, -0.15) is 13.2 Å². The molecule has 5 nitrogen and oxygen atoms in total. The molecule has 0 N–H and O–H groups in total. The molecule has 0 radical (unpaired) electrons. The molecule has 8 heteroatoms. The molecule has 3 aromatic heterocycles. The van der Waals surface area contributed by atoms with Crippen LogP contribution in [0, 0.1) is 0 Å². The number of hydrogen-bond acceptors (Lipinski definition) is 3. The Hall–Kier alpha value is -7.84. The van der Waals surface area contributed by atoms with Crippen LogP contribution in [-0.2, 0) is 6.18 Å². The molecule has 0 aliphatic rings. The first-order chi connectivity index (χ1) is 29.4. The third kappa shape index (κ3) is 5.83. The van der Waals surface area contributed by atoms with Gasteiger partial charge in [-0.3, -0.25) is 0 Å². The Labute approximate surface area is 342 Å². The maximum absolute atomic E-state index is 15.0. The zero-order valence-corrected chi connectivity index (χ0v) is 31.8. The lowest BCUT2D eigenvalue weighted by molar-refractivity contribution is -0.137. The van der Waals surface area contributed by atoms with Gasteiger partial charge in [-0.05, 0) is 66.2 Å². The van der Waals surface area contributed by atoms with Crippen molar-refractivity contribution in [2.24, 2.45) is 0 Å². The van der Waals surface area contributed by atoms with Crippen LogP contribution in [-0.4, -0.2) is 24.1 Å². The number of hydrogen-bond donors (Lipinski definition) is 0. The van der Waals surface area contributed by atoms with Gasteiger partial charge in [-0.25, -0.2) is 15.0 Å². The van der Waals surface area contributed by atoms with Gasteiger partial charge in [0.15, 0.2) is 17.5 Å². The van der Waals surface area contributed by atoms with Crippen LogP contribution in [0.4, 0.5) is 13.2 Å². The second kappa shape index (κ2) is 13.9. The lowest BCUT2D eigenvalue weighted by Crippen LogP contribution is -2.08. The number of benzene rings is 8. The number of halogens is 3. The maximum atomic E-state index is 15.0. The first-order valence-electron chi connectivity index (χ1n) is 19.6. The predicted molar refractivity (Wildman–Crippen MR) is 235 cm³/mol.